The van der Waals surface area contributed by atoms with Gasteiger partial charge in [0.1, 0.15) is 0 Å². The molecule has 25 heavy (non-hydrogen) atoms. The van der Waals surface area contributed by atoms with Gasteiger partial charge >= 0.3 is 0 Å². The van der Waals surface area contributed by atoms with E-state index in [9.17, 15) is 4.39 Å². The Morgan fingerprint density at radius 3 is 2.96 bits per heavy atom. The van der Waals surface area contributed by atoms with Crippen molar-refractivity contribution in [2.75, 3.05) is 24.5 Å². The molecule has 7 heteroatoms. The predicted octanol–water partition coefficient (Wildman–Crippen LogP) is 3.16. The Morgan fingerprint density at radius 1 is 1.40 bits per heavy atom. The minimum atomic E-state index is -0.251. The minimum absolute atomic E-state index is 0. The van der Waals surface area contributed by atoms with Crippen LogP contribution in [0.5, 0.6) is 0 Å². The summed E-state index contributed by atoms with van der Waals surface area (Å²) in [6, 6.07) is 3.93. The molecule has 140 valence electrons. The Kier molecular flexibility index (Phi) is 7.71. The van der Waals surface area contributed by atoms with Gasteiger partial charge in [-0.2, -0.15) is 0 Å². The van der Waals surface area contributed by atoms with Gasteiger partial charge in [0.15, 0.2) is 17.6 Å². The highest BCUT2D eigenvalue weighted by Gasteiger charge is 2.37. The van der Waals surface area contributed by atoms with Crippen LogP contribution < -0.4 is 15.5 Å². The van der Waals surface area contributed by atoms with Gasteiger partial charge in [-0.25, -0.2) is 9.37 Å². The Hall–Kier alpha value is -1.12. The number of pyridine rings is 1. The highest BCUT2D eigenvalue weighted by atomic mass is 127. The largest absolute Gasteiger partial charge is 0.353 e. The molecule has 1 aliphatic carbocycles. The van der Waals surface area contributed by atoms with E-state index in [4.69, 9.17) is 0 Å². The van der Waals surface area contributed by atoms with Crippen molar-refractivity contribution in [1.82, 2.24) is 15.6 Å². The third-order valence-electron chi connectivity index (χ3n) is 4.79. The van der Waals surface area contributed by atoms with Crippen molar-refractivity contribution in [3.8, 4) is 0 Å². The van der Waals surface area contributed by atoms with Crippen LogP contribution in [0.25, 0.3) is 0 Å². The van der Waals surface area contributed by atoms with Gasteiger partial charge in [0.25, 0.3) is 0 Å². The van der Waals surface area contributed by atoms with Crippen LogP contribution >= 0.6 is 24.0 Å². The topological polar surface area (TPSA) is 52.6 Å². The summed E-state index contributed by atoms with van der Waals surface area (Å²) in [5.41, 5.74) is 0. The number of aliphatic imine (C=N–C) groups is 1. The van der Waals surface area contributed by atoms with E-state index in [1.54, 1.807) is 12.3 Å². The predicted molar refractivity (Wildman–Crippen MR) is 111 cm³/mol. The van der Waals surface area contributed by atoms with E-state index in [1.165, 1.54) is 25.3 Å². The Labute approximate surface area is 166 Å². The van der Waals surface area contributed by atoms with Gasteiger partial charge in [-0.3, -0.25) is 4.99 Å². The summed E-state index contributed by atoms with van der Waals surface area (Å²) < 4.78 is 13.9. The summed E-state index contributed by atoms with van der Waals surface area (Å²) in [6.07, 6.45) is 6.38. The van der Waals surface area contributed by atoms with Crippen molar-refractivity contribution < 1.29 is 4.39 Å². The average molecular weight is 461 g/mol. The first-order chi connectivity index (χ1) is 11.7. The van der Waals surface area contributed by atoms with Crippen LogP contribution in [0, 0.1) is 11.7 Å². The first kappa shape index (κ1) is 20.2. The quantitative estimate of drug-likeness (QED) is 0.388. The van der Waals surface area contributed by atoms with Crippen LogP contribution in [-0.2, 0) is 0 Å². The number of hydrogen-bond donors (Lipinski definition) is 2. The standard InChI is InChI=1S/C18H28FN5.HI/c1-3-6-13-11-16(13)23-18(20-4-2)22-14-8-10-24(12-14)17-15(19)7-5-9-21-17;/h5,7,9,13-14,16H,3-4,6,8,10-12H2,1-2H3,(H2,20,22,23);1H. The number of anilines is 1. The van der Waals surface area contributed by atoms with Crippen molar-refractivity contribution in [3.05, 3.63) is 24.1 Å². The molecule has 1 saturated heterocycles. The molecule has 0 amide bonds. The van der Waals surface area contributed by atoms with Gasteiger partial charge in [0, 0.05) is 37.9 Å². The molecule has 1 aliphatic heterocycles. The smallest absolute Gasteiger partial charge is 0.191 e. The molecule has 0 radical (unpaired) electrons. The molecular formula is C18H29FIN5. The van der Waals surface area contributed by atoms with Crippen LogP contribution in [0.4, 0.5) is 10.2 Å². The van der Waals surface area contributed by atoms with Gasteiger partial charge in [-0.15, -0.1) is 24.0 Å². The van der Waals surface area contributed by atoms with Gasteiger partial charge in [-0.05, 0) is 44.2 Å². The SMILES string of the molecule is CCCC1CC1NC(=NCC)NC1CCN(c2ncccc2F)C1.I. The lowest BCUT2D eigenvalue weighted by Crippen LogP contribution is -2.46. The van der Waals surface area contributed by atoms with Gasteiger partial charge in [0.2, 0.25) is 0 Å². The lowest BCUT2D eigenvalue weighted by atomic mass is 10.2. The number of nitrogens with zero attached hydrogens (tertiary/aromatic N) is 3. The Balaban J connectivity index is 0.00000225. The van der Waals surface area contributed by atoms with Crippen molar-refractivity contribution in [2.24, 2.45) is 10.9 Å². The molecule has 1 saturated carbocycles. The second-order valence-corrected chi connectivity index (χ2v) is 6.74. The average Bonchev–Trinajstić information content (AvgIpc) is 3.12. The van der Waals surface area contributed by atoms with Crippen molar-refractivity contribution in [3.63, 3.8) is 0 Å². The van der Waals surface area contributed by atoms with Crippen LogP contribution in [0.15, 0.2) is 23.3 Å². The van der Waals surface area contributed by atoms with Crippen molar-refractivity contribution in [1.29, 1.82) is 0 Å². The summed E-state index contributed by atoms with van der Waals surface area (Å²) >= 11 is 0. The zero-order valence-corrected chi connectivity index (χ0v) is 17.4. The molecule has 1 aromatic heterocycles. The minimum Gasteiger partial charge on any atom is -0.353 e. The highest BCUT2D eigenvalue weighted by molar-refractivity contribution is 14.0. The Bertz CT molecular complexity index is 582. The molecule has 2 N–H and O–H groups in total. The summed E-state index contributed by atoms with van der Waals surface area (Å²) in [6.45, 7) is 6.60. The van der Waals surface area contributed by atoms with E-state index in [-0.39, 0.29) is 35.8 Å². The molecule has 5 nitrogen and oxygen atoms in total. The molecule has 2 heterocycles. The number of guanidine groups is 1. The number of nitrogens with one attached hydrogen (secondary N) is 2. The molecular weight excluding hydrogens is 432 g/mol. The van der Waals surface area contributed by atoms with E-state index >= 15 is 0 Å². The molecule has 2 aliphatic rings. The number of rotatable bonds is 6. The highest BCUT2D eigenvalue weighted by Crippen LogP contribution is 2.34. The molecule has 0 bridgehead atoms. The summed E-state index contributed by atoms with van der Waals surface area (Å²) in [5.74, 6) is 1.89. The fourth-order valence-electron chi connectivity index (χ4n) is 3.45. The number of aromatic nitrogens is 1. The molecule has 3 atom stereocenters. The number of hydrogen-bond acceptors (Lipinski definition) is 3. The lowest BCUT2D eigenvalue weighted by molar-refractivity contribution is 0.610. The fourth-order valence-corrected chi connectivity index (χ4v) is 3.45. The lowest BCUT2D eigenvalue weighted by Gasteiger charge is -2.20. The molecule has 3 unspecified atom stereocenters. The van der Waals surface area contributed by atoms with Crippen LogP contribution in [0.3, 0.4) is 0 Å². The van der Waals surface area contributed by atoms with E-state index < -0.39 is 0 Å². The van der Waals surface area contributed by atoms with Gasteiger partial charge < -0.3 is 15.5 Å². The van der Waals surface area contributed by atoms with Crippen molar-refractivity contribution >= 4 is 35.8 Å². The summed E-state index contributed by atoms with van der Waals surface area (Å²) in [7, 11) is 0. The first-order valence-corrected chi connectivity index (χ1v) is 9.14. The normalized spacial score (nSPS) is 25.5. The first-order valence-electron chi connectivity index (χ1n) is 9.14. The second kappa shape index (κ2) is 9.54. The molecule has 0 spiro atoms. The van der Waals surface area contributed by atoms with E-state index in [2.05, 4.69) is 27.5 Å². The maximum absolute atomic E-state index is 13.9. The second-order valence-electron chi connectivity index (χ2n) is 6.74. The molecule has 1 aromatic rings. The molecule has 0 aromatic carbocycles. The monoisotopic (exact) mass is 461 g/mol. The van der Waals surface area contributed by atoms with Crippen LogP contribution in [0.2, 0.25) is 0 Å². The van der Waals surface area contributed by atoms with Gasteiger partial charge in [-0.1, -0.05) is 13.3 Å². The van der Waals surface area contributed by atoms with Crippen LogP contribution in [0.1, 0.15) is 39.5 Å². The zero-order valence-electron chi connectivity index (χ0n) is 15.0. The van der Waals surface area contributed by atoms with Gasteiger partial charge in [0.05, 0.1) is 0 Å². The van der Waals surface area contributed by atoms with E-state index in [0.29, 0.717) is 11.9 Å². The molecule has 3 rings (SSSR count). The Morgan fingerprint density at radius 2 is 2.24 bits per heavy atom. The van der Waals surface area contributed by atoms with Crippen molar-refractivity contribution in [2.45, 2.75) is 51.6 Å². The van der Waals surface area contributed by atoms with E-state index in [0.717, 1.165) is 37.9 Å². The zero-order chi connectivity index (χ0) is 16.9. The molecule has 2 fully saturated rings. The fraction of sp³-hybridized carbons (Fsp3) is 0.667. The van der Waals surface area contributed by atoms with Crippen LogP contribution in [-0.4, -0.2) is 42.7 Å². The summed E-state index contributed by atoms with van der Waals surface area (Å²) in [5, 5.41) is 7.07. The maximum Gasteiger partial charge on any atom is 0.191 e. The summed E-state index contributed by atoms with van der Waals surface area (Å²) in [4.78, 5) is 10.7. The van der Waals surface area contributed by atoms with E-state index in [1.807, 2.05) is 11.8 Å². The third kappa shape index (κ3) is 5.43. The maximum atomic E-state index is 13.9. The third-order valence-corrected chi connectivity index (χ3v) is 4.79. The number of halogens is 2.